The van der Waals surface area contributed by atoms with E-state index in [0.717, 1.165) is 69.2 Å². The molecule has 0 saturated carbocycles. The normalized spacial score (nSPS) is 18.0. The first-order chi connectivity index (χ1) is 17.0. The van der Waals surface area contributed by atoms with Crippen LogP contribution in [-0.2, 0) is 13.1 Å². The smallest absolute Gasteiger partial charge is 0.317 e. The lowest BCUT2D eigenvalue weighted by molar-refractivity contribution is 0.0421. The summed E-state index contributed by atoms with van der Waals surface area (Å²) >= 11 is 0. The number of likely N-dealkylation sites (tertiary alicyclic amines) is 2. The predicted molar refractivity (Wildman–Crippen MR) is 140 cm³/mol. The van der Waals surface area contributed by atoms with Gasteiger partial charge >= 0.3 is 6.03 Å². The van der Waals surface area contributed by atoms with Gasteiger partial charge < -0.3 is 19.7 Å². The second kappa shape index (κ2) is 11.8. The van der Waals surface area contributed by atoms with Gasteiger partial charge in [0.05, 0.1) is 13.7 Å². The number of nitrogens with zero attached hydrogens (tertiary/aromatic N) is 2. The van der Waals surface area contributed by atoms with Crippen LogP contribution >= 0.6 is 0 Å². The van der Waals surface area contributed by atoms with E-state index < -0.39 is 0 Å². The molecule has 1 spiro atoms. The molecule has 0 aliphatic carbocycles. The lowest BCUT2D eigenvalue weighted by Gasteiger charge is -2.47. The van der Waals surface area contributed by atoms with Gasteiger partial charge in [0.1, 0.15) is 11.5 Å². The van der Waals surface area contributed by atoms with E-state index in [1.165, 1.54) is 18.4 Å². The highest BCUT2D eigenvalue weighted by Crippen LogP contribution is 2.41. The highest BCUT2D eigenvalue weighted by atomic mass is 16.5. The maximum Gasteiger partial charge on any atom is 0.317 e. The molecule has 0 aromatic heterocycles. The van der Waals surface area contributed by atoms with E-state index in [2.05, 4.69) is 48.3 Å². The summed E-state index contributed by atoms with van der Waals surface area (Å²) in [6, 6.07) is 16.3. The van der Waals surface area contributed by atoms with Gasteiger partial charge in [-0.25, -0.2) is 4.79 Å². The summed E-state index contributed by atoms with van der Waals surface area (Å²) in [5.41, 5.74) is 2.75. The number of methoxy groups -OCH3 is 1. The maximum atomic E-state index is 12.7. The van der Waals surface area contributed by atoms with Crippen molar-refractivity contribution in [2.24, 2.45) is 11.3 Å². The number of carbonyl (C=O) groups excluding carboxylic acids is 1. The monoisotopic (exact) mass is 479 g/mol. The number of hydrogen-bond donors (Lipinski definition) is 1. The molecule has 2 heterocycles. The number of benzene rings is 2. The molecule has 0 unspecified atom stereocenters. The number of amides is 2. The van der Waals surface area contributed by atoms with Crippen molar-refractivity contribution in [3.05, 3.63) is 59.7 Å². The Morgan fingerprint density at radius 1 is 0.971 bits per heavy atom. The minimum Gasteiger partial charge on any atom is -0.497 e. The van der Waals surface area contributed by atoms with E-state index in [1.807, 2.05) is 29.2 Å². The van der Waals surface area contributed by atoms with Crippen molar-refractivity contribution in [3.63, 3.8) is 0 Å². The minimum absolute atomic E-state index is 0.0473. The number of carbonyl (C=O) groups is 1. The van der Waals surface area contributed by atoms with Crippen LogP contribution in [0.4, 0.5) is 4.79 Å². The van der Waals surface area contributed by atoms with E-state index in [4.69, 9.17) is 9.47 Å². The number of urea groups is 1. The van der Waals surface area contributed by atoms with Crippen molar-refractivity contribution >= 4 is 6.03 Å². The van der Waals surface area contributed by atoms with E-state index in [1.54, 1.807) is 7.11 Å². The van der Waals surface area contributed by atoms with Crippen LogP contribution in [0.3, 0.4) is 0 Å². The number of rotatable bonds is 8. The zero-order valence-electron chi connectivity index (χ0n) is 21.6. The van der Waals surface area contributed by atoms with E-state index in [0.29, 0.717) is 17.9 Å². The molecule has 6 nitrogen and oxygen atoms in total. The Morgan fingerprint density at radius 2 is 1.63 bits per heavy atom. The van der Waals surface area contributed by atoms with Gasteiger partial charge in [-0.2, -0.15) is 0 Å². The average molecular weight is 480 g/mol. The van der Waals surface area contributed by atoms with Gasteiger partial charge in [-0.05, 0) is 73.9 Å². The molecule has 35 heavy (non-hydrogen) atoms. The van der Waals surface area contributed by atoms with Crippen LogP contribution in [0.5, 0.6) is 11.5 Å². The molecule has 2 amide bonds. The number of para-hydroxylation sites is 1. The Kier molecular flexibility index (Phi) is 8.55. The standard InChI is InChI=1S/C29H41N3O3/c1-23(2)22-35-27-7-5-4-6-25(27)21-31-16-12-29(13-17-31)14-18-32(19-15-29)28(33)30-20-24-8-10-26(34-3)11-9-24/h4-11,23H,12-22H2,1-3H3,(H,30,33). The highest BCUT2D eigenvalue weighted by Gasteiger charge is 2.38. The predicted octanol–water partition coefficient (Wildman–Crippen LogP) is 5.32. The highest BCUT2D eigenvalue weighted by molar-refractivity contribution is 5.74. The van der Waals surface area contributed by atoms with Gasteiger partial charge in [0, 0.05) is 31.7 Å². The summed E-state index contributed by atoms with van der Waals surface area (Å²) in [6.07, 6.45) is 4.63. The second-order valence-electron chi connectivity index (χ2n) is 10.6. The molecule has 0 atom stereocenters. The van der Waals surface area contributed by atoms with Crippen molar-refractivity contribution in [1.29, 1.82) is 0 Å². The largest absolute Gasteiger partial charge is 0.497 e. The van der Waals surface area contributed by atoms with Crippen LogP contribution in [0.25, 0.3) is 0 Å². The van der Waals surface area contributed by atoms with Crippen molar-refractivity contribution in [2.75, 3.05) is 39.9 Å². The molecule has 190 valence electrons. The second-order valence-corrected chi connectivity index (χ2v) is 10.6. The Bertz CT molecular complexity index is 942. The first-order valence-electron chi connectivity index (χ1n) is 13.1. The molecular formula is C29H41N3O3. The fourth-order valence-corrected chi connectivity index (χ4v) is 5.18. The van der Waals surface area contributed by atoms with Crippen molar-refractivity contribution < 1.29 is 14.3 Å². The van der Waals surface area contributed by atoms with Crippen LogP contribution < -0.4 is 14.8 Å². The van der Waals surface area contributed by atoms with Crippen molar-refractivity contribution in [2.45, 2.75) is 52.6 Å². The van der Waals surface area contributed by atoms with Gasteiger partial charge in [0.15, 0.2) is 0 Å². The first-order valence-corrected chi connectivity index (χ1v) is 13.1. The van der Waals surface area contributed by atoms with Crippen LogP contribution in [0, 0.1) is 11.3 Å². The topological polar surface area (TPSA) is 54.0 Å². The molecule has 4 rings (SSSR count). The molecule has 6 heteroatoms. The Morgan fingerprint density at radius 3 is 2.29 bits per heavy atom. The van der Waals surface area contributed by atoms with Crippen molar-refractivity contribution in [1.82, 2.24) is 15.1 Å². The molecule has 2 fully saturated rings. The van der Waals surface area contributed by atoms with Gasteiger partial charge in [-0.1, -0.05) is 44.2 Å². The number of hydrogen-bond acceptors (Lipinski definition) is 4. The summed E-state index contributed by atoms with van der Waals surface area (Å²) in [5.74, 6) is 2.37. The molecule has 0 bridgehead atoms. The summed E-state index contributed by atoms with van der Waals surface area (Å²) in [7, 11) is 1.66. The van der Waals surface area contributed by atoms with Crippen LogP contribution in [0.1, 0.15) is 50.7 Å². The number of piperidine rings is 2. The lowest BCUT2D eigenvalue weighted by atomic mass is 9.71. The molecule has 2 aromatic rings. The first kappa shape index (κ1) is 25.4. The fourth-order valence-electron chi connectivity index (χ4n) is 5.18. The van der Waals surface area contributed by atoms with Crippen LogP contribution in [0.15, 0.2) is 48.5 Å². The van der Waals surface area contributed by atoms with Crippen LogP contribution in [-0.4, -0.2) is 55.7 Å². The van der Waals surface area contributed by atoms with Gasteiger partial charge in [-0.3, -0.25) is 4.90 Å². The lowest BCUT2D eigenvalue weighted by Crippen LogP contribution is -2.50. The fraction of sp³-hybridized carbons (Fsp3) is 0.552. The zero-order chi connectivity index (χ0) is 24.7. The molecule has 0 radical (unpaired) electrons. The SMILES string of the molecule is COc1ccc(CNC(=O)N2CCC3(CCN(Cc4ccccc4OCC(C)C)CC3)CC2)cc1. The third-order valence-electron chi connectivity index (χ3n) is 7.57. The molecule has 2 aliphatic heterocycles. The van der Waals surface area contributed by atoms with E-state index in [-0.39, 0.29) is 6.03 Å². The quantitative estimate of drug-likeness (QED) is 0.557. The average Bonchev–Trinajstić information content (AvgIpc) is 2.89. The molecule has 2 aliphatic rings. The van der Waals surface area contributed by atoms with Gasteiger partial charge in [0.25, 0.3) is 0 Å². The summed E-state index contributed by atoms with van der Waals surface area (Å²) < 4.78 is 11.3. The Labute approximate surface area is 210 Å². The minimum atomic E-state index is 0.0473. The summed E-state index contributed by atoms with van der Waals surface area (Å²) in [5, 5.41) is 3.08. The zero-order valence-corrected chi connectivity index (χ0v) is 21.6. The Hall–Kier alpha value is -2.73. The van der Waals surface area contributed by atoms with E-state index in [9.17, 15) is 4.79 Å². The van der Waals surface area contributed by atoms with Crippen molar-refractivity contribution in [3.8, 4) is 11.5 Å². The molecule has 2 saturated heterocycles. The third kappa shape index (κ3) is 6.91. The third-order valence-corrected chi connectivity index (χ3v) is 7.57. The number of ether oxygens (including phenoxy) is 2. The molecular weight excluding hydrogens is 438 g/mol. The summed E-state index contributed by atoms with van der Waals surface area (Å²) in [6.45, 7) is 10.5. The Balaban J connectivity index is 1.21. The summed E-state index contributed by atoms with van der Waals surface area (Å²) in [4.78, 5) is 17.3. The van der Waals surface area contributed by atoms with E-state index >= 15 is 0 Å². The molecule has 2 aromatic carbocycles. The van der Waals surface area contributed by atoms with Gasteiger partial charge in [0.2, 0.25) is 0 Å². The molecule has 1 N–H and O–H groups in total. The van der Waals surface area contributed by atoms with Crippen LogP contribution in [0.2, 0.25) is 0 Å². The van der Waals surface area contributed by atoms with Gasteiger partial charge in [-0.15, -0.1) is 0 Å². The maximum absolute atomic E-state index is 12.7. The number of nitrogens with one attached hydrogen (secondary N) is 1.